The van der Waals surface area contributed by atoms with Crippen LogP contribution in [-0.2, 0) is 25.8 Å². The number of hydrogen-bond donors (Lipinski definition) is 1. The Morgan fingerprint density at radius 1 is 1.03 bits per heavy atom. The van der Waals surface area contributed by atoms with Gasteiger partial charge in [-0.1, -0.05) is 44.2 Å². The summed E-state index contributed by atoms with van der Waals surface area (Å²) in [6.45, 7) is 6.09. The van der Waals surface area contributed by atoms with E-state index in [2.05, 4.69) is 84.0 Å². The SMILES string of the molecule is CCc1cccc(CC)c1-n1nc2c(c1-c1ccc(P)c3[nH]ccc13)CN(c1cnccn1)CC2. The molecule has 0 spiro atoms. The highest BCUT2D eigenvalue weighted by Gasteiger charge is 2.29. The second-order valence-electron chi connectivity index (χ2n) is 9.02. The molecule has 0 amide bonds. The maximum atomic E-state index is 5.29. The van der Waals surface area contributed by atoms with Gasteiger partial charge in [0.25, 0.3) is 0 Å². The monoisotopic (exact) mass is 480 g/mol. The third kappa shape index (κ3) is 3.64. The van der Waals surface area contributed by atoms with E-state index in [0.717, 1.165) is 49.0 Å². The van der Waals surface area contributed by atoms with Crippen LogP contribution in [0.3, 0.4) is 0 Å². The summed E-state index contributed by atoms with van der Waals surface area (Å²) in [5.41, 5.74) is 9.85. The third-order valence-electron chi connectivity index (χ3n) is 7.10. The highest BCUT2D eigenvalue weighted by atomic mass is 31.0. The molecule has 7 heteroatoms. The fraction of sp³-hybridized carbons (Fsp3) is 0.250. The lowest BCUT2D eigenvalue weighted by Gasteiger charge is -2.27. The summed E-state index contributed by atoms with van der Waals surface area (Å²) < 4.78 is 2.24. The number of fused-ring (bicyclic) bond motifs is 2. The van der Waals surface area contributed by atoms with Crippen LogP contribution >= 0.6 is 9.24 Å². The second kappa shape index (κ2) is 8.94. The van der Waals surface area contributed by atoms with Crippen molar-refractivity contribution in [1.82, 2.24) is 24.7 Å². The summed E-state index contributed by atoms with van der Waals surface area (Å²) in [7, 11) is 2.85. The van der Waals surface area contributed by atoms with E-state index < -0.39 is 0 Å². The molecule has 0 saturated heterocycles. The van der Waals surface area contributed by atoms with Gasteiger partial charge < -0.3 is 9.88 Å². The van der Waals surface area contributed by atoms with Gasteiger partial charge in [0.05, 0.1) is 28.8 Å². The number of aromatic amines is 1. The number of aryl methyl sites for hydroxylation is 2. The molecule has 1 aliphatic heterocycles. The molecule has 6 nitrogen and oxygen atoms in total. The summed E-state index contributed by atoms with van der Waals surface area (Å²) in [6.07, 6.45) is 10.2. The molecule has 176 valence electrons. The number of H-pyrrole nitrogens is 1. The maximum absolute atomic E-state index is 5.29. The Bertz CT molecular complexity index is 1500. The van der Waals surface area contributed by atoms with Crippen molar-refractivity contribution in [3.63, 3.8) is 0 Å². The molecular weight excluding hydrogens is 451 g/mol. The van der Waals surface area contributed by atoms with Crippen molar-refractivity contribution in [2.75, 3.05) is 11.4 Å². The fourth-order valence-corrected chi connectivity index (χ4v) is 5.67. The van der Waals surface area contributed by atoms with Crippen LogP contribution in [0.1, 0.15) is 36.2 Å². The Morgan fingerprint density at radius 3 is 2.60 bits per heavy atom. The van der Waals surface area contributed by atoms with Gasteiger partial charge in [0.15, 0.2) is 0 Å². The van der Waals surface area contributed by atoms with Gasteiger partial charge in [0.1, 0.15) is 5.82 Å². The van der Waals surface area contributed by atoms with Gasteiger partial charge in [-0.2, -0.15) is 5.10 Å². The summed E-state index contributed by atoms with van der Waals surface area (Å²) in [5.74, 6) is 0.909. The first-order chi connectivity index (χ1) is 17.2. The first kappa shape index (κ1) is 22.0. The van der Waals surface area contributed by atoms with E-state index in [1.54, 1.807) is 12.4 Å². The van der Waals surface area contributed by atoms with Crippen LogP contribution < -0.4 is 10.2 Å². The Morgan fingerprint density at radius 2 is 1.86 bits per heavy atom. The topological polar surface area (TPSA) is 62.6 Å². The average molecular weight is 481 g/mol. The van der Waals surface area contributed by atoms with Crippen LogP contribution in [0.4, 0.5) is 5.82 Å². The number of hydrogen-bond acceptors (Lipinski definition) is 4. The van der Waals surface area contributed by atoms with Crippen LogP contribution in [-0.4, -0.2) is 31.3 Å². The summed E-state index contributed by atoms with van der Waals surface area (Å²) in [6, 6.07) is 13.3. The van der Waals surface area contributed by atoms with E-state index in [0.29, 0.717) is 0 Å². The smallest absolute Gasteiger partial charge is 0.147 e. The molecule has 0 saturated carbocycles. The van der Waals surface area contributed by atoms with Crippen molar-refractivity contribution >= 4 is 31.3 Å². The number of para-hydroxylation sites is 1. The van der Waals surface area contributed by atoms with Crippen LogP contribution in [0.2, 0.25) is 0 Å². The first-order valence-electron chi connectivity index (χ1n) is 12.3. The van der Waals surface area contributed by atoms with Crippen LogP contribution in [0, 0.1) is 0 Å². The Hall–Kier alpha value is -3.50. The van der Waals surface area contributed by atoms with Crippen molar-refractivity contribution in [2.24, 2.45) is 0 Å². The lowest BCUT2D eigenvalue weighted by molar-refractivity contribution is 0.703. The van der Waals surface area contributed by atoms with Gasteiger partial charge in [0, 0.05) is 54.6 Å². The Labute approximate surface area is 207 Å². The minimum absolute atomic E-state index is 0.758. The van der Waals surface area contributed by atoms with Crippen LogP contribution in [0.25, 0.3) is 27.8 Å². The molecule has 35 heavy (non-hydrogen) atoms. The molecular formula is C28H29N6P. The minimum atomic E-state index is 0.758. The van der Waals surface area contributed by atoms with E-state index in [-0.39, 0.29) is 0 Å². The second-order valence-corrected chi connectivity index (χ2v) is 9.64. The molecule has 1 atom stereocenters. The average Bonchev–Trinajstić information content (AvgIpc) is 3.55. The highest BCUT2D eigenvalue weighted by molar-refractivity contribution is 7.28. The molecule has 6 rings (SSSR count). The highest BCUT2D eigenvalue weighted by Crippen LogP contribution is 2.38. The first-order valence-corrected chi connectivity index (χ1v) is 12.9. The number of rotatable bonds is 5. The molecule has 1 N–H and O–H groups in total. The van der Waals surface area contributed by atoms with Gasteiger partial charge in [-0.3, -0.25) is 4.98 Å². The quantitative estimate of drug-likeness (QED) is 0.360. The number of nitrogens with zero attached hydrogens (tertiary/aromatic N) is 5. The van der Waals surface area contributed by atoms with Crippen molar-refractivity contribution in [2.45, 2.75) is 39.7 Å². The van der Waals surface area contributed by atoms with Crippen molar-refractivity contribution in [3.05, 3.63) is 83.6 Å². The van der Waals surface area contributed by atoms with E-state index in [9.17, 15) is 0 Å². The van der Waals surface area contributed by atoms with Crippen LogP contribution in [0.5, 0.6) is 0 Å². The molecule has 3 aromatic heterocycles. The Balaban J connectivity index is 1.63. The standard InChI is InChI=1S/C28H29N6P/c1-3-18-6-5-7-19(4-2)27(18)34-28(21-8-9-24(35)26-20(21)10-12-31-26)22-17-33(15-11-23(22)32-34)25-16-29-13-14-30-25/h5-10,12-14,16,31H,3-4,11,15,17,35H2,1-2H3. The molecule has 0 aliphatic carbocycles. The molecule has 5 aromatic rings. The fourth-order valence-electron chi connectivity index (χ4n) is 5.33. The van der Waals surface area contributed by atoms with Gasteiger partial charge in [-0.25, -0.2) is 9.67 Å². The predicted molar refractivity (Wildman–Crippen MR) is 146 cm³/mol. The zero-order valence-corrected chi connectivity index (χ0v) is 21.3. The van der Waals surface area contributed by atoms with E-state index in [1.807, 2.05) is 12.4 Å². The zero-order chi connectivity index (χ0) is 23.9. The van der Waals surface area contributed by atoms with E-state index in [1.165, 1.54) is 44.7 Å². The molecule has 1 aliphatic rings. The number of aromatic nitrogens is 5. The maximum Gasteiger partial charge on any atom is 0.147 e. The van der Waals surface area contributed by atoms with Crippen molar-refractivity contribution < 1.29 is 0 Å². The molecule has 1 unspecified atom stereocenters. The van der Waals surface area contributed by atoms with Crippen molar-refractivity contribution in [1.29, 1.82) is 0 Å². The number of anilines is 1. The van der Waals surface area contributed by atoms with Gasteiger partial charge in [-0.15, -0.1) is 9.24 Å². The molecule has 4 heterocycles. The lowest BCUT2D eigenvalue weighted by Crippen LogP contribution is -2.31. The normalized spacial score (nSPS) is 13.4. The summed E-state index contributed by atoms with van der Waals surface area (Å²) in [5, 5.41) is 7.67. The summed E-state index contributed by atoms with van der Waals surface area (Å²) >= 11 is 0. The largest absolute Gasteiger partial charge is 0.361 e. The molecule has 2 aromatic carbocycles. The van der Waals surface area contributed by atoms with Gasteiger partial charge in [-0.05, 0) is 35.3 Å². The van der Waals surface area contributed by atoms with Crippen LogP contribution in [0.15, 0.2) is 61.2 Å². The minimum Gasteiger partial charge on any atom is -0.361 e. The lowest BCUT2D eigenvalue weighted by atomic mass is 9.97. The Kier molecular flexibility index (Phi) is 5.62. The summed E-state index contributed by atoms with van der Waals surface area (Å²) in [4.78, 5) is 14.6. The number of nitrogens with one attached hydrogen (secondary N) is 1. The van der Waals surface area contributed by atoms with Gasteiger partial charge >= 0.3 is 0 Å². The molecule has 0 bridgehead atoms. The number of benzene rings is 2. The molecule has 0 radical (unpaired) electrons. The zero-order valence-electron chi connectivity index (χ0n) is 20.1. The third-order valence-corrected chi connectivity index (χ3v) is 7.58. The van der Waals surface area contributed by atoms with E-state index in [4.69, 9.17) is 5.10 Å². The predicted octanol–water partition coefficient (Wildman–Crippen LogP) is 5.00. The van der Waals surface area contributed by atoms with E-state index >= 15 is 0 Å². The van der Waals surface area contributed by atoms with Crippen molar-refractivity contribution in [3.8, 4) is 16.9 Å². The van der Waals surface area contributed by atoms with Gasteiger partial charge in [0.2, 0.25) is 0 Å². The molecule has 0 fully saturated rings.